The van der Waals surface area contributed by atoms with Gasteiger partial charge in [-0.2, -0.15) is 0 Å². The first-order chi connectivity index (χ1) is 8.78. The van der Waals surface area contributed by atoms with Crippen molar-refractivity contribution in [2.24, 2.45) is 5.92 Å². The van der Waals surface area contributed by atoms with E-state index in [4.69, 9.17) is 0 Å². The molecule has 0 atom stereocenters. The van der Waals surface area contributed by atoms with E-state index >= 15 is 0 Å². The molecule has 1 amide bonds. The molecule has 0 spiro atoms. The van der Waals surface area contributed by atoms with E-state index in [0.29, 0.717) is 6.42 Å². The fraction of sp³-hybridized carbons (Fsp3) is 0.571. The summed E-state index contributed by atoms with van der Waals surface area (Å²) in [7, 11) is 0. The molecule has 0 unspecified atom stereocenters. The van der Waals surface area contributed by atoms with Gasteiger partial charge in [0.2, 0.25) is 5.91 Å². The molecule has 0 radical (unpaired) electrons. The van der Waals surface area contributed by atoms with E-state index in [1.807, 2.05) is 19.1 Å². The fourth-order valence-corrected chi connectivity index (χ4v) is 2.09. The molecule has 1 fully saturated rings. The molecule has 0 aliphatic heterocycles. The normalized spacial score (nSPS) is 14.9. The third-order valence-corrected chi connectivity index (χ3v) is 3.41. The summed E-state index contributed by atoms with van der Waals surface area (Å²) in [6.45, 7) is 2.87. The van der Waals surface area contributed by atoms with Crippen molar-refractivity contribution in [2.45, 2.75) is 39.0 Å². The molecule has 1 saturated carbocycles. The first kappa shape index (κ1) is 12.9. The average molecular weight is 247 g/mol. The zero-order chi connectivity index (χ0) is 12.8. The van der Waals surface area contributed by atoms with Crippen molar-refractivity contribution >= 4 is 17.4 Å². The molecular formula is C14H21N3O. The quantitative estimate of drug-likeness (QED) is 0.812. The van der Waals surface area contributed by atoms with Gasteiger partial charge in [-0.05, 0) is 31.4 Å². The van der Waals surface area contributed by atoms with E-state index in [1.165, 1.54) is 19.3 Å². The summed E-state index contributed by atoms with van der Waals surface area (Å²) in [4.78, 5) is 15.9. The van der Waals surface area contributed by atoms with E-state index in [1.54, 1.807) is 6.20 Å². The molecule has 1 aromatic rings. The molecule has 0 aromatic carbocycles. The third-order valence-electron chi connectivity index (χ3n) is 3.41. The monoisotopic (exact) mass is 247 g/mol. The van der Waals surface area contributed by atoms with Crippen LogP contribution in [0.5, 0.6) is 0 Å². The molecule has 4 nitrogen and oxygen atoms in total. The maximum Gasteiger partial charge on any atom is 0.224 e. The van der Waals surface area contributed by atoms with Crippen molar-refractivity contribution in [2.75, 3.05) is 17.2 Å². The Kier molecular flexibility index (Phi) is 4.56. The van der Waals surface area contributed by atoms with Gasteiger partial charge in [-0.15, -0.1) is 0 Å². The minimum absolute atomic E-state index is 0.0971. The van der Waals surface area contributed by atoms with Crippen molar-refractivity contribution in [3.63, 3.8) is 0 Å². The van der Waals surface area contributed by atoms with Crippen LogP contribution in [0.3, 0.4) is 0 Å². The Morgan fingerprint density at radius 1 is 1.44 bits per heavy atom. The van der Waals surface area contributed by atoms with Crippen molar-refractivity contribution in [1.29, 1.82) is 0 Å². The second-order valence-corrected chi connectivity index (χ2v) is 4.85. The van der Waals surface area contributed by atoms with Crippen LogP contribution < -0.4 is 10.6 Å². The zero-order valence-corrected chi connectivity index (χ0v) is 10.9. The molecule has 1 aromatic heterocycles. The van der Waals surface area contributed by atoms with E-state index < -0.39 is 0 Å². The molecule has 1 heterocycles. The molecule has 1 aliphatic rings. The predicted molar refractivity (Wildman–Crippen MR) is 73.6 cm³/mol. The molecular weight excluding hydrogens is 226 g/mol. The number of carbonyl (C=O) groups excluding carboxylic acids is 1. The lowest BCUT2D eigenvalue weighted by Gasteiger charge is -2.24. The Labute approximate surface area is 108 Å². The van der Waals surface area contributed by atoms with Gasteiger partial charge in [0.15, 0.2) is 0 Å². The maximum absolute atomic E-state index is 11.7. The van der Waals surface area contributed by atoms with Crippen LogP contribution in [0.25, 0.3) is 0 Å². The number of nitrogens with zero attached hydrogens (tertiary/aromatic N) is 1. The topological polar surface area (TPSA) is 54.0 Å². The minimum atomic E-state index is 0.0971. The molecule has 4 heteroatoms. The number of nitrogens with one attached hydrogen (secondary N) is 2. The summed E-state index contributed by atoms with van der Waals surface area (Å²) >= 11 is 0. The van der Waals surface area contributed by atoms with Gasteiger partial charge >= 0.3 is 0 Å². The van der Waals surface area contributed by atoms with Gasteiger partial charge in [0.05, 0.1) is 11.9 Å². The lowest BCUT2D eigenvalue weighted by atomic mass is 9.82. The highest BCUT2D eigenvalue weighted by Gasteiger charge is 2.18. The Balaban J connectivity index is 1.75. The molecule has 18 heavy (non-hydrogen) atoms. The minimum Gasteiger partial charge on any atom is -0.370 e. The predicted octanol–water partition coefficient (Wildman–Crippen LogP) is 3.03. The van der Waals surface area contributed by atoms with Crippen molar-refractivity contribution in [3.8, 4) is 0 Å². The van der Waals surface area contributed by atoms with Crippen molar-refractivity contribution < 1.29 is 4.79 Å². The highest BCUT2D eigenvalue weighted by atomic mass is 16.1. The SMILES string of the molecule is CCNc1ccc(NC(=O)CCC2CCC2)cn1. The number of rotatable bonds is 6. The van der Waals surface area contributed by atoms with Crippen LogP contribution in [0.2, 0.25) is 0 Å². The Morgan fingerprint density at radius 3 is 2.83 bits per heavy atom. The average Bonchev–Trinajstić information content (AvgIpc) is 2.30. The van der Waals surface area contributed by atoms with E-state index in [9.17, 15) is 4.79 Å². The van der Waals surface area contributed by atoms with Gasteiger partial charge in [0, 0.05) is 13.0 Å². The number of aromatic nitrogens is 1. The number of anilines is 2. The van der Waals surface area contributed by atoms with Gasteiger partial charge < -0.3 is 10.6 Å². The van der Waals surface area contributed by atoms with Gasteiger partial charge in [0.1, 0.15) is 5.82 Å². The number of pyridine rings is 1. The third kappa shape index (κ3) is 3.72. The van der Waals surface area contributed by atoms with Crippen LogP contribution in [0.1, 0.15) is 39.0 Å². The second kappa shape index (κ2) is 6.38. The molecule has 0 bridgehead atoms. The van der Waals surface area contributed by atoms with Crippen LogP contribution in [-0.2, 0) is 4.79 Å². The summed E-state index contributed by atoms with van der Waals surface area (Å²) < 4.78 is 0. The van der Waals surface area contributed by atoms with Crippen LogP contribution in [-0.4, -0.2) is 17.4 Å². The van der Waals surface area contributed by atoms with E-state index in [0.717, 1.165) is 30.4 Å². The Morgan fingerprint density at radius 2 is 2.28 bits per heavy atom. The highest BCUT2D eigenvalue weighted by molar-refractivity contribution is 5.90. The lowest BCUT2D eigenvalue weighted by molar-refractivity contribution is -0.116. The molecule has 1 aliphatic carbocycles. The van der Waals surface area contributed by atoms with Gasteiger partial charge in [-0.25, -0.2) is 4.98 Å². The van der Waals surface area contributed by atoms with Crippen LogP contribution in [0.4, 0.5) is 11.5 Å². The molecule has 2 N–H and O–H groups in total. The van der Waals surface area contributed by atoms with Crippen LogP contribution in [0, 0.1) is 5.92 Å². The molecule has 2 rings (SSSR count). The number of carbonyl (C=O) groups is 1. The fourth-order valence-electron chi connectivity index (χ4n) is 2.09. The summed E-state index contributed by atoms with van der Waals surface area (Å²) in [5.41, 5.74) is 0.773. The smallest absolute Gasteiger partial charge is 0.224 e. The number of hydrogen-bond acceptors (Lipinski definition) is 3. The second-order valence-electron chi connectivity index (χ2n) is 4.85. The van der Waals surface area contributed by atoms with Crippen molar-refractivity contribution in [3.05, 3.63) is 18.3 Å². The van der Waals surface area contributed by atoms with Crippen LogP contribution in [0.15, 0.2) is 18.3 Å². The van der Waals surface area contributed by atoms with Gasteiger partial charge in [-0.3, -0.25) is 4.79 Å². The zero-order valence-electron chi connectivity index (χ0n) is 10.9. The van der Waals surface area contributed by atoms with Gasteiger partial charge in [0.25, 0.3) is 0 Å². The number of hydrogen-bond donors (Lipinski definition) is 2. The lowest BCUT2D eigenvalue weighted by Crippen LogP contribution is -2.17. The summed E-state index contributed by atoms with van der Waals surface area (Å²) in [6, 6.07) is 3.76. The standard InChI is InChI=1S/C14H21N3O/c1-2-15-13-8-7-12(10-16-13)17-14(18)9-6-11-4-3-5-11/h7-8,10-11H,2-6,9H2,1H3,(H,15,16)(H,17,18). The van der Waals surface area contributed by atoms with Crippen molar-refractivity contribution in [1.82, 2.24) is 4.98 Å². The summed E-state index contributed by atoms with van der Waals surface area (Å²) in [6.07, 6.45) is 7.27. The summed E-state index contributed by atoms with van der Waals surface area (Å²) in [5.74, 6) is 1.72. The number of amides is 1. The summed E-state index contributed by atoms with van der Waals surface area (Å²) in [5, 5.41) is 6.01. The van der Waals surface area contributed by atoms with Gasteiger partial charge in [-0.1, -0.05) is 19.3 Å². The molecule has 98 valence electrons. The Bertz CT molecular complexity index is 385. The highest BCUT2D eigenvalue weighted by Crippen LogP contribution is 2.30. The van der Waals surface area contributed by atoms with E-state index in [2.05, 4.69) is 15.6 Å². The Hall–Kier alpha value is -1.58. The van der Waals surface area contributed by atoms with E-state index in [-0.39, 0.29) is 5.91 Å². The van der Waals surface area contributed by atoms with Crippen LogP contribution >= 0.6 is 0 Å². The first-order valence-corrected chi connectivity index (χ1v) is 6.77. The molecule has 0 saturated heterocycles. The largest absolute Gasteiger partial charge is 0.370 e. The first-order valence-electron chi connectivity index (χ1n) is 6.77. The maximum atomic E-state index is 11.7.